The van der Waals surface area contributed by atoms with E-state index in [1.807, 2.05) is 0 Å². The molecule has 0 N–H and O–H groups in total. The molecule has 0 amide bonds. The van der Waals surface area contributed by atoms with Crippen LogP contribution in [-0.4, -0.2) is 0 Å². The van der Waals surface area contributed by atoms with Crippen molar-refractivity contribution in [1.29, 1.82) is 0 Å². The van der Waals surface area contributed by atoms with E-state index in [0.29, 0.717) is 0 Å². The summed E-state index contributed by atoms with van der Waals surface area (Å²) in [5, 5.41) is 2.52. The van der Waals surface area contributed by atoms with E-state index in [1.54, 1.807) is 0 Å². The average molecular weight is 968 g/mol. The van der Waals surface area contributed by atoms with Gasteiger partial charge >= 0.3 is 0 Å². The van der Waals surface area contributed by atoms with Crippen LogP contribution in [0.15, 0.2) is 285 Å². The number of fused-ring (bicyclic) bond motifs is 10. The van der Waals surface area contributed by atoms with Crippen molar-refractivity contribution in [1.82, 2.24) is 0 Å². The van der Waals surface area contributed by atoms with Crippen LogP contribution in [0.4, 0.5) is 17.1 Å². The first-order valence-corrected chi connectivity index (χ1v) is 26.7. The molecular weight excluding hydrogens is 915 g/mol. The molecule has 3 aliphatic carbocycles. The summed E-state index contributed by atoms with van der Waals surface area (Å²) in [4.78, 5) is 2.55. The lowest BCUT2D eigenvalue weighted by atomic mass is 9.67. The van der Waals surface area contributed by atoms with Crippen LogP contribution >= 0.6 is 0 Å². The summed E-state index contributed by atoms with van der Waals surface area (Å²) in [6.45, 7) is 4.83. The van der Waals surface area contributed by atoms with Crippen molar-refractivity contribution in [2.75, 3.05) is 4.90 Å². The van der Waals surface area contributed by atoms with Crippen LogP contribution in [0.25, 0.3) is 55.3 Å². The highest BCUT2D eigenvalue weighted by molar-refractivity contribution is 5.94. The molecule has 3 aliphatic rings. The van der Waals surface area contributed by atoms with Crippen molar-refractivity contribution in [3.63, 3.8) is 0 Å². The van der Waals surface area contributed by atoms with Crippen molar-refractivity contribution in [3.05, 3.63) is 341 Å². The van der Waals surface area contributed by atoms with Crippen molar-refractivity contribution in [2.45, 2.75) is 30.1 Å². The van der Waals surface area contributed by atoms with E-state index >= 15 is 0 Å². The highest BCUT2D eigenvalue weighted by Gasteiger charge is 2.48. The Balaban J connectivity index is 0.970. The first-order chi connectivity index (χ1) is 37.4. The Bertz CT molecular complexity index is 3990. The second-order valence-corrected chi connectivity index (χ2v) is 21.5. The van der Waals surface area contributed by atoms with Crippen LogP contribution in [-0.2, 0) is 16.2 Å². The Morgan fingerprint density at radius 1 is 0.237 bits per heavy atom. The van der Waals surface area contributed by atoms with Crippen LogP contribution in [0.1, 0.15) is 69.5 Å². The Morgan fingerprint density at radius 2 is 0.566 bits per heavy atom. The molecule has 0 aromatic heterocycles. The summed E-state index contributed by atoms with van der Waals surface area (Å²) in [7, 11) is 0. The smallest absolute Gasteiger partial charge is 0.0714 e. The Morgan fingerprint density at radius 3 is 1.04 bits per heavy atom. The summed E-state index contributed by atoms with van der Waals surface area (Å²) in [6, 6.07) is 107. The average Bonchev–Trinajstić information content (AvgIpc) is 4.16. The molecule has 0 radical (unpaired) electrons. The monoisotopic (exact) mass is 967 g/mol. The van der Waals surface area contributed by atoms with Gasteiger partial charge < -0.3 is 4.90 Å². The molecule has 0 saturated heterocycles. The van der Waals surface area contributed by atoms with Crippen molar-refractivity contribution < 1.29 is 0 Å². The predicted octanol–water partition coefficient (Wildman–Crippen LogP) is 19.0. The van der Waals surface area contributed by atoms with Gasteiger partial charge in [0.1, 0.15) is 0 Å². The molecule has 76 heavy (non-hydrogen) atoms. The molecule has 0 bridgehead atoms. The Hall–Kier alpha value is -9.30. The molecule has 0 saturated carbocycles. The van der Waals surface area contributed by atoms with Crippen LogP contribution in [0.5, 0.6) is 0 Å². The standard InChI is InChI=1S/C75H53N/c1-73(2)69-46-53(52-36-35-50-21-15-16-22-51(50)45-52)37-41-63(69)64-42-38-58(47-70(64)73)76(59-39-43-65-61-31-17-19-33-67(61)74(71(65)48-59,54-23-7-3-8-24-54)55-25-9-4-10-26-55)60-40-44-66-62-32-18-20-34-68(62)75(72(66)49-60,56-27-11-5-12-28-56)57-29-13-6-14-30-57/h3-49H,1-2H3. The Labute approximate surface area is 445 Å². The second-order valence-electron chi connectivity index (χ2n) is 21.5. The van der Waals surface area contributed by atoms with E-state index in [-0.39, 0.29) is 5.41 Å². The summed E-state index contributed by atoms with van der Waals surface area (Å²) < 4.78 is 0. The van der Waals surface area contributed by atoms with Gasteiger partial charge in [0.05, 0.1) is 10.8 Å². The minimum atomic E-state index is -0.560. The number of rotatable bonds is 8. The van der Waals surface area contributed by atoms with Crippen LogP contribution < -0.4 is 4.90 Å². The third-order valence-corrected chi connectivity index (χ3v) is 17.4. The van der Waals surface area contributed by atoms with Gasteiger partial charge in [-0.1, -0.05) is 250 Å². The molecule has 1 heteroatoms. The zero-order chi connectivity index (χ0) is 50.6. The molecule has 358 valence electrons. The van der Waals surface area contributed by atoms with Crippen molar-refractivity contribution in [2.24, 2.45) is 0 Å². The fourth-order valence-corrected chi connectivity index (χ4v) is 14.0. The summed E-state index contributed by atoms with van der Waals surface area (Å²) >= 11 is 0. The molecular formula is C75H53N. The lowest BCUT2D eigenvalue weighted by Crippen LogP contribution is -2.29. The van der Waals surface area contributed by atoms with Crippen molar-refractivity contribution in [3.8, 4) is 44.5 Å². The second kappa shape index (κ2) is 16.9. The normalized spacial score (nSPS) is 14.5. The third kappa shape index (κ3) is 6.27. The van der Waals surface area contributed by atoms with Gasteiger partial charge in [0.2, 0.25) is 0 Å². The van der Waals surface area contributed by atoms with E-state index in [0.717, 1.165) is 17.1 Å². The quantitative estimate of drug-likeness (QED) is 0.147. The van der Waals surface area contributed by atoms with Gasteiger partial charge in [-0.15, -0.1) is 0 Å². The predicted molar refractivity (Wildman–Crippen MR) is 316 cm³/mol. The number of benzene rings is 12. The minimum absolute atomic E-state index is 0.274. The third-order valence-electron chi connectivity index (χ3n) is 17.4. The highest BCUT2D eigenvalue weighted by atomic mass is 15.1. The zero-order valence-electron chi connectivity index (χ0n) is 42.6. The summed E-state index contributed by atoms with van der Waals surface area (Å²) in [5.74, 6) is 0. The zero-order valence-corrected chi connectivity index (χ0v) is 42.6. The van der Waals surface area contributed by atoms with Crippen LogP contribution in [0.3, 0.4) is 0 Å². The van der Waals surface area contributed by atoms with Gasteiger partial charge in [-0.05, 0) is 159 Å². The number of anilines is 3. The van der Waals surface area contributed by atoms with Gasteiger partial charge in [0, 0.05) is 22.5 Å². The van der Waals surface area contributed by atoms with E-state index in [9.17, 15) is 0 Å². The van der Waals surface area contributed by atoms with E-state index in [1.165, 1.54) is 111 Å². The van der Waals surface area contributed by atoms with E-state index < -0.39 is 10.8 Å². The van der Waals surface area contributed by atoms with Crippen LogP contribution in [0.2, 0.25) is 0 Å². The fourth-order valence-electron chi connectivity index (χ4n) is 14.0. The first kappa shape index (κ1) is 44.2. The maximum absolute atomic E-state index is 2.55. The SMILES string of the molecule is CC1(C)c2cc(-c3ccc4ccccc4c3)ccc2-c2ccc(N(c3ccc4c(c3)C(c3ccccc3)(c3ccccc3)c3ccccc3-4)c3ccc4c(c3)C(c3ccccc3)(c3ccccc3)c3ccccc3-4)cc21. The molecule has 0 spiro atoms. The van der Waals surface area contributed by atoms with Gasteiger partial charge in [0.25, 0.3) is 0 Å². The van der Waals surface area contributed by atoms with Crippen LogP contribution in [0, 0.1) is 0 Å². The maximum Gasteiger partial charge on any atom is 0.0714 e. The molecule has 12 aromatic carbocycles. The summed E-state index contributed by atoms with van der Waals surface area (Å²) in [5.41, 5.74) is 24.9. The van der Waals surface area contributed by atoms with Gasteiger partial charge in [-0.25, -0.2) is 0 Å². The number of hydrogen-bond acceptors (Lipinski definition) is 1. The minimum Gasteiger partial charge on any atom is -0.310 e. The number of hydrogen-bond donors (Lipinski definition) is 0. The molecule has 0 heterocycles. The first-order valence-electron chi connectivity index (χ1n) is 26.7. The molecule has 0 aliphatic heterocycles. The lowest BCUT2D eigenvalue weighted by molar-refractivity contribution is 0.660. The molecule has 12 aromatic rings. The molecule has 0 fully saturated rings. The molecule has 0 atom stereocenters. The molecule has 15 rings (SSSR count). The van der Waals surface area contributed by atoms with E-state index in [2.05, 4.69) is 304 Å². The van der Waals surface area contributed by atoms with Gasteiger partial charge in [-0.2, -0.15) is 0 Å². The lowest BCUT2D eigenvalue weighted by Gasteiger charge is -2.36. The molecule has 0 unspecified atom stereocenters. The van der Waals surface area contributed by atoms with Gasteiger partial charge in [-0.3, -0.25) is 0 Å². The molecule has 1 nitrogen and oxygen atoms in total. The maximum atomic E-state index is 2.55. The van der Waals surface area contributed by atoms with Gasteiger partial charge in [0.15, 0.2) is 0 Å². The van der Waals surface area contributed by atoms with E-state index in [4.69, 9.17) is 0 Å². The Kier molecular flexibility index (Phi) is 9.81. The highest BCUT2D eigenvalue weighted by Crippen LogP contribution is 2.60. The largest absolute Gasteiger partial charge is 0.310 e. The van der Waals surface area contributed by atoms with Crippen molar-refractivity contribution >= 4 is 27.8 Å². The summed E-state index contributed by atoms with van der Waals surface area (Å²) in [6.07, 6.45) is 0. The fraction of sp³-hybridized carbons (Fsp3) is 0.0667. The topological polar surface area (TPSA) is 3.24 Å². The number of nitrogens with zero attached hydrogens (tertiary/aromatic N) is 1.